The summed E-state index contributed by atoms with van der Waals surface area (Å²) in [5.41, 5.74) is 7.67. The highest BCUT2D eigenvalue weighted by Gasteiger charge is 2.06. The molecule has 0 saturated carbocycles. The molecule has 1 aromatic rings. The van der Waals surface area contributed by atoms with Gasteiger partial charge >= 0.3 is 6.03 Å². The van der Waals surface area contributed by atoms with Crippen LogP contribution in [-0.2, 0) is 0 Å². The molecule has 0 aliphatic carbocycles. The van der Waals surface area contributed by atoms with E-state index in [2.05, 4.69) is 10.6 Å². The summed E-state index contributed by atoms with van der Waals surface area (Å²) in [5.74, 6) is 0. The second kappa shape index (κ2) is 4.89. The lowest BCUT2D eigenvalue weighted by Gasteiger charge is -2.10. The fraction of sp³-hybridized carbons (Fsp3) is 0.300. The lowest BCUT2D eigenvalue weighted by molar-refractivity contribution is 0.252. The van der Waals surface area contributed by atoms with Crippen molar-refractivity contribution in [3.05, 3.63) is 22.7 Å². The Morgan fingerprint density at radius 1 is 1.53 bits per heavy atom. The fourth-order valence-electron chi connectivity index (χ4n) is 1.17. The van der Waals surface area contributed by atoms with Gasteiger partial charge in [0, 0.05) is 12.2 Å². The maximum atomic E-state index is 11.3. The highest BCUT2D eigenvalue weighted by atomic mass is 35.5. The molecule has 0 aliphatic rings. The smallest absolute Gasteiger partial charge is 0.319 e. The first kappa shape index (κ1) is 11.7. The SMILES string of the molecule is CCNC(=O)Nc1cc(Cl)c(N)cc1C. The molecule has 2 amide bonds. The van der Waals surface area contributed by atoms with Gasteiger partial charge in [0.15, 0.2) is 0 Å². The van der Waals surface area contributed by atoms with Gasteiger partial charge in [0.25, 0.3) is 0 Å². The van der Waals surface area contributed by atoms with E-state index in [4.69, 9.17) is 17.3 Å². The Morgan fingerprint density at radius 3 is 2.80 bits per heavy atom. The number of rotatable bonds is 2. The molecule has 1 rings (SSSR count). The Hall–Kier alpha value is -1.42. The average Bonchev–Trinajstić information content (AvgIpc) is 2.14. The monoisotopic (exact) mass is 227 g/mol. The molecule has 0 aliphatic heterocycles. The number of urea groups is 1. The summed E-state index contributed by atoms with van der Waals surface area (Å²) in [6.45, 7) is 4.28. The van der Waals surface area contributed by atoms with E-state index in [0.29, 0.717) is 22.9 Å². The molecule has 0 fully saturated rings. The second-order valence-electron chi connectivity index (χ2n) is 3.17. The van der Waals surface area contributed by atoms with E-state index in [1.807, 2.05) is 13.8 Å². The number of benzene rings is 1. The zero-order valence-electron chi connectivity index (χ0n) is 8.73. The standard InChI is InChI=1S/C10H14ClN3O/c1-3-13-10(15)14-9-5-7(11)8(12)4-6(9)2/h4-5H,3,12H2,1-2H3,(H2,13,14,15). The zero-order valence-corrected chi connectivity index (χ0v) is 9.48. The van der Waals surface area contributed by atoms with Crippen molar-refractivity contribution in [1.29, 1.82) is 0 Å². The Kier molecular flexibility index (Phi) is 3.80. The highest BCUT2D eigenvalue weighted by molar-refractivity contribution is 6.33. The number of carbonyl (C=O) groups is 1. The molecule has 0 bridgehead atoms. The Morgan fingerprint density at radius 2 is 2.20 bits per heavy atom. The van der Waals surface area contributed by atoms with Crippen molar-refractivity contribution in [2.24, 2.45) is 0 Å². The number of aryl methyl sites for hydroxylation is 1. The van der Waals surface area contributed by atoms with Gasteiger partial charge in [0.2, 0.25) is 0 Å². The normalized spacial score (nSPS) is 9.80. The van der Waals surface area contributed by atoms with E-state index in [-0.39, 0.29) is 6.03 Å². The summed E-state index contributed by atoms with van der Waals surface area (Å²) in [4.78, 5) is 11.3. The molecule has 5 heteroatoms. The van der Waals surface area contributed by atoms with Gasteiger partial charge in [0.05, 0.1) is 10.7 Å². The molecule has 0 aromatic heterocycles. The Balaban J connectivity index is 2.86. The molecule has 0 spiro atoms. The molecule has 1 aromatic carbocycles. The minimum atomic E-state index is -0.249. The van der Waals surface area contributed by atoms with Crippen molar-refractivity contribution >= 4 is 29.0 Å². The minimum absolute atomic E-state index is 0.249. The van der Waals surface area contributed by atoms with Crippen LogP contribution < -0.4 is 16.4 Å². The molecule has 4 N–H and O–H groups in total. The van der Waals surface area contributed by atoms with Gasteiger partial charge in [-0.3, -0.25) is 0 Å². The van der Waals surface area contributed by atoms with Crippen molar-refractivity contribution in [3.63, 3.8) is 0 Å². The maximum absolute atomic E-state index is 11.3. The topological polar surface area (TPSA) is 67.2 Å². The van der Waals surface area contributed by atoms with Crippen LogP contribution in [0.3, 0.4) is 0 Å². The summed E-state index contributed by atoms with van der Waals surface area (Å²) in [6.07, 6.45) is 0. The van der Waals surface area contributed by atoms with Crippen LogP contribution >= 0.6 is 11.6 Å². The van der Waals surface area contributed by atoms with E-state index in [1.54, 1.807) is 12.1 Å². The number of halogens is 1. The molecule has 0 unspecified atom stereocenters. The summed E-state index contributed by atoms with van der Waals surface area (Å²) in [6, 6.07) is 3.12. The van der Waals surface area contributed by atoms with Crippen LogP contribution in [-0.4, -0.2) is 12.6 Å². The van der Waals surface area contributed by atoms with Crippen LogP contribution in [0.25, 0.3) is 0 Å². The summed E-state index contributed by atoms with van der Waals surface area (Å²) in [7, 11) is 0. The lowest BCUT2D eigenvalue weighted by Crippen LogP contribution is -2.28. The lowest BCUT2D eigenvalue weighted by atomic mass is 10.2. The number of nitrogens with one attached hydrogen (secondary N) is 2. The molecule has 82 valence electrons. The minimum Gasteiger partial charge on any atom is -0.398 e. The van der Waals surface area contributed by atoms with Crippen molar-refractivity contribution in [1.82, 2.24) is 5.32 Å². The third-order valence-electron chi connectivity index (χ3n) is 1.93. The quantitative estimate of drug-likeness (QED) is 0.679. The van der Waals surface area contributed by atoms with E-state index < -0.39 is 0 Å². The van der Waals surface area contributed by atoms with Gasteiger partial charge in [-0.25, -0.2) is 4.79 Å². The molecule has 0 heterocycles. The van der Waals surface area contributed by atoms with E-state index in [0.717, 1.165) is 5.56 Å². The number of amides is 2. The van der Waals surface area contributed by atoms with Crippen LogP contribution in [0.15, 0.2) is 12.1 Å². The summed E-state index contributed by atoms with van der Waals surface area (Å²) >= 11 is 5.85. The van der Waals surface area contributed by atoms with Gasteiger partial charge < -0.3 is 16.4 Å². The molecular formula is C10H14ClN3O. The fourth-order valence-corrected chi connectivity index (χ4v) is 1.33. The first-order valence-corrected chi connectivity index (χ1v) is 5.03. The third-order valence-corrected chi connectivity index (χ3v) is 2.26. The third kappa shape index (κ3) is 3.02. The number of hydrogen-bond acceptors (Lipinski definition) is 2. The first-order chi connectivity index (χ1) is 7.04. The van der Waals surface area contributed by atoms with Gasteiger partial charge in [0.1, 0.15) is 0 Å². The largest absolute Gasteiger partial charge is 0.398 e. The summed E-state index contributed by atoms with van der Waals surface area (Å²) in [5, 5.41) is 5.76. The van der Waals surface area contributed by atoms with Crippen LogP contribution in [0.5, 0.6) is 0 Å². The Labute approximate surface area is 93.8 Å². The van der Waals surface area contributed by atoms with E-state index in [9.17, 15) is 4.79 Å². The molecule has 0 radical (unpaired) electrons. The highest BCUT2D eigenvalue weighted by Crippen LogP contribution is 2.26. The maximum Gasteiger partial charge on any atom is 0.319 e. The molecule has 4 nitrogen and oxygen atoms in total. The first-order valence-electron chi connectivity index (χ1n) is 4.65. The van der Waals surface area contributed by atoms with Crippen molar-refractivity contribution in [3.8, 4) is 0 Å². The van der Waals surface area contributed by atoms with Crippen LogP contribution in [0, 0.1) is 6.92 Å². The van der Waals surface area contributed by atoms with Crippen LogP contribution in [0.1, 0.15) is 12.5 Å². The van der Waals surface area contributed by atoms with E-state index >= 15 is 0 Å². The Bertz CT molecular complexity index is 379. The van der Waals surface area contributed by atoms with Crippen molar-refractivity contribution < 1.29 is 4.79 Å². The number of carbonyl (C=O) groups excluding carboxylic acids is 1. The van der Waals surface area contributed by atoms with Gasteiger partial charge in [-0.15, -0.1) is 0 Å². The molecule has 0 saturated heterocycles. The van der Waals surface area contributed by atoms with Gasteiger partial charge in [-0.2, -0.15) is 0 Å². The number of nitrogen functional groups attached to an aromatic ring is 1. The zero-order chi connectivity index (χ0) is 11.4. The van der Waals surface area contributed by atoms with Crippen molar-refractivity contribution in [2.75, 3.05) is 17.6 Å². The number of anilines is 2. The van der Waals surface area contributed by atoms with Gasteiger partial charge in [-0.05, 0) is 31.5 Å². The molecule has 0 atom stereocenters. The molecule has 15 heavy (non-hydrogen) atoms. The van der Waals surface area contributed by atoms with Crippen molar-refractivity contribution in [2.45, 2.75) is 13.8 Å². The van der Waals surface area contributed by atoms with Gasteiger partial charge in [-0.1, -0.05) is 11.6 Å². The van der Waals surface area contributed by atoms with Crippen LogP contribution in [0.2, 0.25) is 5.02 Å². The number of nitrogens with two attached hydrogens (primary N) is 1. The predicted molar refractivity (Wildman–Crippen MR) is 63.3 cm³/mol. The summed E-state index contributed by atoms with van der Waals surface area (Å²) < 4.78 is 0. The molecular weight excluding hydrogens is 214 g/mol. The second-order valence-corrected chi connectivity index (χ2v) is 3.58. The predicted octanol–water partition coefficient (Wildman–Crippen LogP) is 2.37. The number of hydrogen-bond donors (Lipinski definition) is 3. The van der Waals surface area contributed by atoms with E-state index in [1.165, 1.54) is 0 Å². The average molecular weight is 228 g/mol. The van der Waals surface area contributed by atoms with Crippen LogP contribution in [0.4, 0.5) is 16.2 Å².